The molecule has 92 valence electrons. The van der Waals surface area contributed by atoms with Gasteiger partial charge in [-0.05, 0) is 6.92 Å². The van der Waals surface area contributed by atoms with Gasteiger partial charge >= 0.3 is 0 Å². The Morgan fingerprint density at radius 1 is 1.65 bits per heavy atom. The van der Waals surface area contributed by atoms with E-state index in [0.717, 1.165) is 5.01 Å². The van der Waals surface area contributed by atoms with Gasteiger partial charge in [-0.1, -0.05) is 0 Å². The molecule has 0 spiro atoms. The summed E-state index contributed by atoms with van der Waals surface area (Å²) >= 11 is 1.33. The Morgan fingerprint density at radius 3 is 3.00 bits per heavy atom. The highest BCUT2D eigenvalue weighted by Gasteiger charge is 2.31. The monoisotopic (exact) mass is 254 g/mol. The molecular formula is C10H14N4O2S. The molecule has 1 unspecified atom stereocenters. The number of nitrogens with one attached hydrogen (secondary N) is 1. The summed E-state index contributed by atoms with van der Waals surface area (Å²) in [4.78, 5) is 29.6. The van der Waals surface area contributed by atoms with Crippen LogP contribution in [-0.2, 0) is 4.79 Å². The third-order valence-electron chi connectivity index (χ3n) is 2.66. The van der Waals surface area contributed by atoms with Crippen LogP contribution in [0.3, 0.4) is 0 Å². The lowest BCUT2D eigenvalue weighted by molar-refractivity contribution is -0.122. The first-order chi connectivity index (χ1) is 8.09. The van der Waals surface area contributed by atoms with E-state index < -0.39 is 11.9 Å². The number of carbonyl (C=O) groups excluding carboxylic acids is 2. The molecule has 17 heavy (non-hydrogen) atoms. The SMILES string of the molecule is Cc1ncc(C(=O)N2CCNCC2C(N)=O)s1. The summed E-state index contributed by atoms with van der Waals surface area (Å²) in [7, 11) is 0. The fourth-order valence-electron chi connectivity index (χ4n) is 1.80. The maximum absolute atomic E-state index is 12.2. The standard InChI is InChI=1S/C10H14N4O2S/c1-6-13-5-8(17-6)10(16)14-3-2-12-4-7(14)9(11)15/h5,7,12H,2-4H2,1H3,(H2,11,15). The minimum absolute atomic E-state index is 0.166. The predicted molar refractivity (Wildman–Crippen MR) is 63.7 cm³/mol. The van der Waals surface area contributed by atoms with Crippen LogP contribution in [-0.4, -0.2) is 47.4 Å². The summed E-state index contributed by atoms with van der Waals surface area (Å²) in [6.07, 6.45) is 1.54. The van der Waals surface area contributed by atoms with Crippen LogP contribution in [0.4, 0.5) is 0 Å². The number of carbonyl (C=O) groups is 2. The number of primary amides is 1. The number of aryl methyl sites for hydroxylation is 1. The van der Waals surface area contributed by atoms with Gasteiger partial charge in [0.05, 0.1) is 11.2 Å². The molecule has 0 aliphatic carbocycles. The van der Waals surface area contributed by atoms with Crippen LogP contribution in [0.25, 0.3) is 0 Å². The van der Waals surface area contributed by atoms with Crippen molar-refractivity contribution in [3.63, 3.8) is 0 Å². The number of nitrogens with zero attached hydrogens (tertiary/aromatic N) is 2. The Hall–Kier alpha value is -1.47. The highest BCUT2D eigenvalue weighted by atomic mass is 32.1. The lowest BCUT2D eigenvalue weighted by Gasteiger charge is -2.33. The lowest BCUT2D eigenvalue weighted by atomic mass is 10.1. The molecule has 7 heteroatoms. The number of hydrogen-bond donors (Lipinski definition) is 2. The molecule has 0 aromatic carbocycles. The van der Waals surface area contributed by atoms with Crippen LogP contribution in [0.15, 0.2) is 6.20 Å². The van der Waals surface area contributed by atoms with Gasteiger partial charge in [0.25, 0.3) is 5.91 Å². The zero-order valence-electron chi connectivity index (χ0n) is 9.47. The van der Waals surface area contributed by atoms with Crippen LogP contribution in [0, 0.1) is 6.92 Å². The Labute approximate surface area is 103 Å². The van der Waals surface area contributed by atoms with Gasteiger partial charge < -0.3 is 16.0 Å². The normalized spacial score (nSPS) is 20.3. The summed E-state index contributed by atoms with van der Waals surface area (Å²) < 4.78 is 0. The number of aromatic nitrogens is 1. The van der Waals surface area contributed by atoms with Crippen molar-refractivity contribution in [2.75, 3.05) is 19.6 Å². The molecule has 1 saturated heterocycles. The van der Waals surface area contributed by atoms with Gasteiger partial charge in [-0.2, -0.15) is 0 Å². The summed E-state index contributed by atoms with van der Waals surface area (Å²) in [6.45, 7) is 3.42. The first-order valence-electron chi connectivity index (χ1n) is 5.33. The first kappa shape index (κ1) is 12.0. The molecule has 2 heterocycles. The third-order valence-corrected chi connectivity index (χ3v) is 3.57. The average molecular weight is 254 g/mol. The number of piperazine rings is 1. The maximum Gasteiger partial charge on any atom is 0.266 e. The van der Waals surface area contributed by atoms with E-state index in [1.54, 1.807) is 6.20 Å². The van der Waals surface area contributed by atoms with Gasteiger partial charge in [0, 0.05) is 19.6 Å². The van der Waals surface area contributed by atoms with E-state index in [0.29, 0.717) is 24.5 Å². The zero-order chi connectivity index (χ0) is 12.4. The molecule has 1 atom stereocenters. The maximum atomic E-state index is 12.2. The minimum atomic E-state index is -0.571. The fraction of sp³-hybridized carbons (Fsp3) is 0.500. The summed E-state index contributed by atoms with van der Waals surface area (Å²) in [5, 5.41) is 3.88. The van der Waals surface area contributed by atoms with E-state index >= 15 is 0 Å². The first-order valence-corrected chi connectivity index (χ1v) is 6.14. The fourth-order valence-corrected chi connectivity index (χ4v) is 2.54. The van der Waals surface area contributed by atoms with E-state index in [1.807, 2.05) is 6.92 Å². The topological polar surface area (TPSA) is 88.3 Å². The van der Waals surface area contributed by atoms with E-state index in [1.165, 1.54) is 16.2 Å². The van der Waals surface area contributed by atoms with Gasteiger partial charge in [-0.15, -0.1) is 11.3 Å². The van der Waals surface area contributed by atoms with Gasteiger partial charge in [-0.3, -0.25) is 9.59 Å². The van der Waals surface area contributed by atoms with E-state index in [4.69, 9.17) is 5.73 Å². The second-order valence-electron chi connectivity index (χ2n) is 3.86. The number of amides is 2. The number of rotatable bonds is 2. The largest absolute Gasteiger partial charge is 0.368 e. The molecule has 6 nitrogen and oxygen atoms in total. The molecule has 1 aromatic heterocycles. The molecule has 2 amide bonds. The molecule has 0 saturated carbocycles. The molecule has 2 rings (SSSR count). The van der Waals surface area contributed by atoms with E-state index in [-0.39, 0.29) is 5.91 Å². The van der Waals surface area contributed by atoms with Crippen LogP contribution >= 0.6 is 11.3 Å². The summed E-state index contributed by atoms with van der Waals surface area (Å²) in [5.74, 6) is -0.646. The Balaban J connectivity index is 2.19. The second kappa shape index (κ2) is 4.80. The molecule has 1 aromatic rings. The van der Waals surface area contributed by atoms with Crippen molar-refractivity contribution in [2.24, 2.45) is 5.73 Å². The smallest absolute Gasteiger partial charge is 0.266 e. The van der Waals surface area contributed by atoms with Crippen molar-refractivity contribution < 1.29 is 9.59 Å². The lowest BCUT2D eigenvalue weighted by Crippen LogP contribution is -2.58. The van der Waals surface area contributed by atoms with Crippen LogP contribution in [0.2, 0.25) is 0 Å². The Morgan fingerprint density at radius 2 is 2.41 bits per heavy atom. The van der Waals surface area contributed by atoms with E-state index in [9.17, 15) is 9.59 Å². The van der Waals surface area contributed by atoms with Gasteiger partial charge in [-0.25, -0.2) is 4.98 Å². The van der Waals surface area contributed by atoms with Gasteiger partial charge in [0.15, 0.2) is 0 Å². The molecule has 1 aliphatic heterocycles. The predicted octanol–water partition coefficient (Wildman–Crippen LogP) is -0.649. The highest BCUT2D eigenvalue weighted by Crippen LogP contribution is 2.16. The molecule has 1 fully saturated rings. The summed E-state index contributed by atoms with van der Waals surface area (Å²) in [5.41, 5.74) is 5.29. The molecule has 3 N–H and O–H groups in total. The molecule has 0 radical (unpaired) electrons. The van der Waals surface area contributed by atoms with Gasteiger partial charge in [0.2, 0.25) is 5.91 Å². The summed E-state index contributed by atoms with van der Waals surface area (Å²) in [6, 6.07) is -0.571. The third kappa shape index (κ3) is 2.45. The van der Waals surface area contributed by atoms with Crippen molar-refractivity contribution in [3.8, 4) is 0 Å². The number of thiazole rings is 1. The Bertz CT molecular complexity index is 445. The minimum Gasteiger partial charge on any atom is -0.368 e. The van der Waals surface area contributed by atoms with Crippen molar-refractivity contribution in [1.29, 1.82) is 0 Å². The van der Waals surface area contributed by atoms with Crippen molar-refractivity contribution in [3.05, 3.63) is 16.1 Å². The van der Waals surface area contributed by atoms with Crippen LogP contribution in [0.1, 0.15) is 14.7 Å². The average Bonchev–Trinajstić information content (AvgIpc) is 2.75. The van der Waals surface area contributed by atoms with Crippen molar-refractivity contribution >= 4 is 23.2 Å². The quantitative estimate of drug-likeness (QED) is 0.734. The molecular weight excluding hydrogens is 240 g/mol. The Kier molecular flexibility index (Phi) is 3.39. The second-order valence-corrected chi connectivity index (χ2v) is 5.10. The molecule has 0 bridgehead atoms. The van der Waals surface area contributed by atoms with Crippen molar-refractivity contribution in [2.45, 2.75) is 13.0 Å². The molecule has 1 aliphatic rings. The van der Waals surface area contributed by atoms with Gasteiger partial charge in [0.1, 0.15) is 10.9 Å². The highest BCUT2D eigenvalue weighted by molar-refractivity contribution is 7.13. The zero-order valence-corrected chi connectivity index (χ0v) is 10.3. The van der Waals surface area contributed by atoms with Crippen LogP contribution in [0.5, 0.6) is 0 Å². The van der Waals surface area contributed by atoms with Crippen molar-refractivity contribution in [1.82, 2.24) is 15.2 Å². The van der Waals surface area contributed by atoms with Crippen LogP contribution < -0.4 is 11.1 Å². The number of nitrogens with two attached hydrogens (primary N) is 1. The number of hydrogen-bond acceptors (Lipinski definition) is 5. The van der Waals surface area contributed by atoms with E-state index in [2.05, 4.69) is 10.3 Å².